The number of halogens is 3. The molecule has 0 aliphatic heterocycles. The minimum Gasteiger partial charge on any atom is -0.475 e. The molecule has 27 heavy (non-hydrogen) atoms. The lowest BCUT2D eigenvalue weighted by atomic mass is 10.1. The van der Waals surface area contributed by atoms with Gasteiger partial charge < -0.3 is 14.1 Å². The van der Waals surface area contributed by atoms with Crippen molar-refractivity contribution in [2.45, 2.75) is 12.7 Å². The summed E-state index contributed by atoms with van der Waals surface area (Å²) in [6.45, 7) is 0.117. The molecule has 3 aromatic rings. The Labute approximate surface area is 153 Å². The van der Waals surface area contributed by atoms with Gasteiger partial charge in [0.1, 0.15) is 5.76 Å². The number of furan rings is 1. The second-order valence-corrected chi connectivity index (χ2v) is 6.25. The van der Waals surface area contributed by atoms with E-state index in [9.17, 15) is 22.8 Å². The Morgan fingerprint density at radius 3 is 2.67 bits per heavy atom. The van der Waals surface area contributed by atoms with E-state index >= 15 is 0 Å². The van der Waals surface area contributed by atoms with Gasteiger partial charge in [-0.05, 0) is 30.3 Å². The number of amides is 1. The number of thiazole rings is 1. The highest BCUT2D eigenvalue weighted by atomic mass is 32.1. The molecule has 3 rings (SSSR count). The second kappa shape index (κ2) is 7.23. The quantitative estimate of drug-likeness (QED) is 0.730. The molecule has 0 bridgehead atoms. The molecular weight excluding hydrogens is 385 g/mol. The molecule has 10 heteroatoms. The molecule has 2 aromatic heterocycles. The first-order valence-electron chi connectivity index (χ1n) is 7.46. The van der Waals surface area contributed by atoms with E-state index in [1.807, 2.05) is 0 Å². The smallest absolute Gasteiger partial charge is 0.416 e. The zero-order valence-corrected chi connectivity index (χ0v) is 14.3. The van der Waals surface area contributed by atoms with Gasteiger partial charge in [0, 0.05) is 17.1 Å². The van der Waals surface area contributed by atoms with Crippen LogP contribution in [0.25, 0.3) is 0 Å². The minimum atomic E-state index is -4.56. The van der Waals surface area contributed by atoms with Gasteiger partial charge in [-0.15, -0.1) is 11.3 Å². The highest BCUT2D eigenvalue weighted by Gasteiger charge is 2.30. The number of aromatic carboxylic acids is 1. The minimum absolute atomic E-state index is 0.117. The molecule has 2 heterocycles. The zero-order valence-electron chi connectivity index (χ0n) is 13.4. The number of carboxylic acid groups (broad SMARTS) is 1. The number of hydrogen-bond donors (Lipinski definition) is 1. The summed E-state index contributed by atoms with van der Waals surface area (Å²) in [5.41, 5.74) is -1.12. The maximum Gasteiger partial charge on any atom is 0.416 e. The van der Waals surface area contributed by atoms with Crippen LogP contribution in [-0.4, -0.2) is 21.6 Å². The van der Waals surface area contributed by atoms with Crippen molar-refractivity contribution >= 4 is 23.2 Å². The van der Waals surface area contributed by atoms with E-state index < -0.39 is 23.6 Å². The topological polar surface area (TPSA) is 84.8 Å². The fraction of sp³-hybridized carbons (Fsp3) is 0.118. The van der Waals surface area contributed by atoms with E-state index in [-0.39, 0.29) is 22.7 Å². The highest BCUT2D eigenvalue weighted by Crippen LogP contribution is 2.29. The molecule has 0 aliphatic rings. The van der Waals surface area contributed by atoms with E-state index in [0.717, 1.165) is 29.5 Å². The average molecular weight is 396 g/mol. The number of carbonyl (C=O) groups excluding carboxylic acids is 1. The van der Waals surface area contributed by atoms with Crippen molar-refractivity contribution in [3.8, 4) is 0 Å². The van der Waals surface area contributed by atoms with E-state index in [2.05, 4.69) is 4.99 Å². The monoisotopic (exact) mass is 396 g/mol. The van der Waals surface area contributed by atoms with Crippen LogP contribution in [0.2, 0.25) is 0 Å². The van der Waals surface area contributed by atoms with Crippen LogP contribution >= 0.6 is 11.3 Å². The first kappa shape index (κ1) is 18.6. The van der Waals surface area contributed by atoms with Gasteiger partial charge in [0.05, 0.1) is 12.1 Å². The second-order valence-electron chi connectivity index (χ2n) is 5.38. The third-order valence-corrected chi connectivity index (χ3v) is 4.29. The van der Waals surface area contributed by atoms with Gasteiger partial charge in [0.15, 0.2) is 4.80 Å². The van der Waals surface area contributed by atoms with E-state index in [4.69, 9.17) is 9.52 Å². The molecule has 0 fully saturated rings. The molecule has 1 N–H and O–H groups in total. The first-order valence-corrected chi connectivity index (χ1v) is 8.34. The lowest BCUT2D eigenvalue weighted by Crippen LogP contribution is -2.17. The molecule has 0 spiro atoms. The molecule has 0 radical (unpaired) electrons. The number of benzene rings is 1. The van der Waals surface area contributed by atoms with E-state index in [1.165, 1.54) is 22.8 Å². The van der Waals surface area contributed by atoms with Gasteiger partial charge in [-0.2, -0.15) is 18.2 Å². The third-order valence-electron chi connectivity index (χ3n) is 3.49. The van der Waals surface area contributed by atoms with Gasteiger partial charge in [0.25, 0.3) is 5.91 Å². The predicted molar refractivity (Wildman–Crippen MR) is 88.4 cm³/mol. The van der Waals surface area contributed by atoms with Crippen LogP contribution in [0, 0.1) is 0 Å². The number of aromatic nitrogens is 1. The molecule has 0 aliphatic carbocycles. The Balaban J connectivity index is 1.87. The Morgan fingerprint density at radius 1 is 1.22 bits per heavy atom. The number of carbonyl (C=O) groups is 2. The molecule has 140 valence electrons. The van der Waals surface area contributed by atoms with Crippen LogP contribution in [0.5, 0.6) is 0 Å². The van der Waals surface area contributed by atoms with Gasteiger partial charge in [-0.3, -0.25) is 4.79 Å². The largest absolute Gasteiger partial charge is 0.475 e. The van der Waals surface area contributed by atoms with Crippen molar-refractivity contribution < 1.29 is 32.3 Å². The van der Waals surface area contributed by atoms with Crippen molar-refractivity contribution in [1.82, 2.24) is 4.57 Å². The molecule has 1 aromatic carbocycles. The molecule has 0 unspecified atom stereocenters. The Bertz CT molecular complexity index is 1060. The summed E-state index contributed by atoms with van der Waals surface area (Å²) >= 11 is 1.11. The summed E-state index contributed by atoms with van der Waals surface area (Å²) in [5.74, 6) is -1.91. The Morgan fingerprint density at radius 2 is 2.00 bits per heavy atom. The fourth-order valence-electron chi connectivity index (χ4n) is 2.23. The third kappa shape index (κ3) is 4.34. The fourth-order valence-corrected chi connectivity index (χ4v) is 2.96. The Kier molecular flexibility index (Phi) is 5.00. The lowest BCUT2D eigenvalue weighted by Gasteiger charge is -2.06. The van der Waals surface area contributed by atoms with E-state index in [1.54, 1.807) is 11.6 Å². The van der Waals surface area contributed by atoms with Crippen molar-refractivity contribution in [3.05, 3.63) is 75.4 Å². The number of rotatable bonds is 4. The van der Waals surface area contributed by atoms with Crippen molar-refractivity contribution in [2.75, 3.05) is 0 Å². The molecule has 0 saturated carbocycles. The Hall–Kier alpha value is -3.14. The highest BCUT2D eigenvalue weighted by molar-refractivity contribution is 7.07. The number of hydrogen-bond acceptors (Lipinski definition) is 4. The van der Waals surface area contributed by atoms with Crippen LogP contribution < -0.4 is 4.80 Å². The molecule has 0 atom stereocenters. The maximum absolute atomic E-state index is 12.8. The van der Waals surface area contributed by atoms with Crippen molar-refractivity contribution in [2.24, 2.45) is 4.99 Å². The number of alkyl halides is 3. The summed E-state index contributed by atoms with van der Waals surface area (Å²) in [4.78, 5) is 27.2. The standard InChI is InChI=1S/C17H11F3N2O4S/c18-17(19,20)11-3-1-2-10(8-11)14(23)21-16-22(6-7-27-16)9-12-4-5-13(26-12)15(24)25/h1-8H,9H2,(H,24,25). The summed E-state index contributed by atoms with van der Waals surface area (Å²) in [7, 11) is 0. The van der Waals surface area contributed by atoms with Gasteiger partial charge in [0.2, 0.25) is 5.76 Å². The SMILES string of the molecule is O=C(N=c1sccn1Cc1ccc(C(=O)O)o1)c1cccc(C(F)(F)F)c1. The van der Waals surface area contributed by atoms with Crippen LogP contribution in [-0.2, 0) is 12.7 Å². The van der Waals surface area contributed by atoms with Crippen LogP contribution in [0.3, 0.4) is 0 Å². The summed E-state index contributed by atoms with van der Waals surface area (Å²) < 4.78 is 45.0. The van der Waals surface area contributed by atoms with E-state index in [0.29, 0.717) is 5.76 Å². The number of carboxylic acids is 1. The van der Waals surface area contributed by atoms with Gasteiger partial charge in [-0.25, -0.2) is 4.79 Å². The van der Waals surface area contributed by atoms with Crippen LogP contribution in [0.1, 0.15) is 32.2 Å². The first-order chi connectivity index (χ1) is 12.7. The van der Waals surface area contributed by atoms with Crippen LogP contribution in [0.4, 0.5) is 13.2 Å². The summed E-state index contributed by atoms with van der Waals surface area (Å²) in [6, 6.07) is 6.80. The molecule has 1 amide bonds. The molecule has 0 saturated heterocycles. The van der Waals surface area contributed by atoms with Crippen molar-refractivity contribution in [3.63, 3.8) is 0 Å². The molecular formula is C17H11F3N2O4S. The van der Waals surface area contributed by atoms with Gasteiger partial charge in [-0.1, -0.05) is 6.07 Å². The average Bonchev–Trinajstić information content (AvgIpc) is 3.25. The predicted octanol–water partition coefficient (Wildman–Crippen LogP) is 3.65. The zero-order chi connectivity index (χ0) is 19.6. The molecule has 6 nitrogen and oxygen atoms in total. The summed E-state index contributed by atoms with van der Waals surface area (Å²) in [5, 5.41) is 10.5. The van der Waals surface area contributed by atoms with Crippen molar-refractivity contribution in [1.29, 1.82) is 0 Å². The van der Waals surface area contributed by atoms with Crippen LogP contribution in [0.15, 0.2) is 57.4 Å². The maximum atomic E-state index is 12.8. The summed E-state index contributed by atoms with van der Waals surface area (Å²) in [6.07, 6.45) is -2.95. The normalized spacial score (nSPS) is 12.3. The van der Waals surface area contributed by atoms with Gasteiger partial charge >= 0.3 is 12.1 Å². The lowest BCUT2D eigenvalue weighted by molar-refractivity contribution is -0.137. The number of nitrogens with zero attached hydrogens (tertiary/aromatic N) is 2.